The number of rotatable bonds is 8. The Morgan fingerprint density at radius 1 is 1.10 bits per heavy atom. The summed E-state index contributed by atoms with van der Waals surface area (Å²) in [7, 11) is -2.21. The number of methoxy groups -OCH3 is 1. The molecular weight excluding hydrogens is 392 g/mol. The number of nitrogens with zero attached hydrogens (tertiary/aromatic N) is 1. The first-order chi connectivity index (χ1) is 13.9. The van der Waals surface area contributed by atoms with Gasteiger partial charge < -0.3 is 14.7 Å². The number of hydrogen-bond donors (Lipinski definition) is 2. The van der Waals surface area contributed by atoms with E-state index in [9.17, 15) is 18.3 Å². The van der Waals surface area contributed by atoms with Crippen molar-refractivity contribution in [1.82, 2.24) is 4.72 Å². The van der Waals surface area contributed by atoms with Crippen LogP contribution in [0.1, 0.15) is 35.2 Å². The van der Waals surface area contributed by atoms with Gasteiger partial charge in [0, 0.05) is 19.6 Å². The highest BCUT2D eigenvalue weighted by atomic mass is 32.2. The summed E-state index contributed by atoms with van der Waals surface area (Å²) in [4.78, 5) is 13.7. The first-order valence-electron chi connectivity index (χ1n) is 9.65. The lowest BCUT2D eigenvalue weighted by Gasteiger charge is -2.30. The third-order valence-corrected chi connectivity index (χ3v) is 6.53. The van der Waals surface area contributed by atoms with Gasteiger partial charge in [0.15, 0.2) is 0 Å². The van der Waals surface area contributed by atoms with Crippen LogP contribution in [0.5, 0.6) is 5.75 Å². The van der Waals surface area contributed by atoms with Crippen molar-refractivity contribution in [1.29, 1.82) is 0 Å². The number of ether oxygens (including phenoxy) is 1. The van der Waals surface area contributed by atoms with Crippen molar-refractivity contribution in [3.05, 3.63) is 53.6 Å². The lowest BCUT2D eigenvalue weighted by atomic mass is 10.1. The highest BCUT2D eigenvalue weighted by Gasteiger charge is 2.22. The molecular formula is C21H26N2O5S. The molecule has 8 heteroatoms. The molecule has 1 saturated heterocycles. The van der Waals surface area contributed by atoms with Gasteiger partial charge in [-0.2, -0.15) is 0 Å². The van der Waals surface area contributed by atoms with Crippen LogP contribution in [0.4, 0.5) is 5.69 Å². The third-order valence-electron chi connectivity index (χ3n) is 5.07. The van der Waals surface area contributed by atoms with Crippen molar-refractivity contribution in [3.63, 3.8) is 0 Å². The van der Waals surface area contributed by atoms with Crippen LogP contribution >= 0.6 is 0 Å². The predicted molar refractivity (Wildman–Crippen MR) is 111 cm³/mol. The van der Waals surface area contributed by atoms with Crippen molar-refractivity contribution in [2.75, 3.05) is 31.6 Å². The van der Waals surface area contributed by atoms with Gasteiger partial charge in [0.05, 0.1) is 23.3 Å². The first kappa shape index (κ1) is 21.1. The zero-order valence-electron chi connectivity index (χ0n) is 16.4. The van der Waals surface area contributed by atoms with Gasteiger partial charge >= 0.3 is 5.97 Å². The van der Waals surface area contributed by atoms with Crippen molar-refractivity contribution in [2.45, 2.75) is 30.6 Å². The van der Waals surface area contributed by atoms with Crippen molar-refractivity contribution >= 4 is 21.7 Å². The molecule has 0 saturated carbocycles. The Bertz CT molecular complexity index is 952. The summed E-state index contributed by atoms with van der Waals surface area (Å²) in [6.07, 6.45) is 3.66. The molecule has 0 aliphatic carbocycles. The van der Waals surface area contributed by atoms with E-state index in [1.54, 1.807) is 13.2 Å². The standard InChI is InChI=1S/C21H26N2O5S/c1-28-17-7-5-16(6-8-17)11-12-22-29(26,27)18-9-10-20(19(15-18)21(24)25)23-13-3-2-4-14-23/h5-10,15,22H,2-4,11-14H2,1H3,(H,24,25). The van der Waals surface area contributed by atoms with E-state index >= 15 is 0 Å². The van der Waals surface area contributed by atoms with E-state index in [4.69, 9.17) is 4.74 Å². The summed E-state index contributed by atoms with van der Waals surface area (Å²) < 4.78 is 33.0. The molecule has 0 radical (unpaired) electrons. The molecule has 7 nitrogen and oxygen atoms in total. The Morgan fingerprint density at radius 2 is 1.79 bits per heavy atom. The number of carbonyl (C=O) groups is 1. The monoisotopic (exact) mass is 418 g/mol. The number of aromatic carboxylic acids is 1. The molecule has 0 bridgehead atoms. The van der Waals surface area contributed by atoms with Gasteiger partial charge in [-0.3, -0.25) is 0 Å². The van der Waals surface area contributed by atoms with Crippen LogP contribution in [-0.4, -0.2) is 46.2 Å². The number of sulfonamides is 1. The number of piperidine rings is 1. The van der Waals surface area contributed by atoms with Crippen molar-refractivity contribution < 1.29 is 23.1 Å². The number of anilines is 1. The normalized spacial score (nSPS) is 14.6. The Labute approximate surface area is 171 Å². The molecule has 3 rings (SSSR count). The van der Waals surface area contributed by atoms with Gasteiger partial charge in [-0.1, -0.05) is 12.1 Å². The van der Waals surface area contributed by atoms with E-state index in [2.05, 4.69) is 4.72 Å². The summed E-state index contributed by atoms with van der Waals surface area (Å²) in [5, 5.41) is 9.60. The maximum absolute atomic E-state index is 12.6. The van der Waals surface area contributed by atoms with Gasteiger partial charge in [0.2, 0.25) is 10.0 Å². The first-order valence-corrected chi connectivity index (χ1v) is 11.1. The summed E-state index contributed by atoms with van der Waals surface area (Å²) in [5.74, 6) is -0.384. The minimum atomic E-state index is -3.80. The second-order valence-corrected chi connectivity index (χ2v) is 8.79. The van der Waals surface area contributed by atoms with E-state index in [-0.39, 0.29) is 17.0 Å². The van der Waals surface area contributed by atoms with Gasteiger partial charge in [-0.05, 0) is 61.6 Å². The zero-order chi connectivity index (χ0) is 20.9. The number of carboxylic acid groups (broad SMARTS) is 1. The molecule has 2 aromatic rings. The second-order valence-electron chi connectivity index (χ2n) is 7.03. The molecule has 0 spiro atoms. The van der Waals surface area contributed by atoms with Gasteiger partial charge in [0.1, 0.15) is 5.75 Å². The second kappa shape index (κ2) is 9.28. The maximum atomic E-state index is 12.6. The number of benzene rings is 2. The average molecular weight is 419 g/mol. The predicted octanol–water partition coefficient (Wildman–Crippen LogP) is 2.90. The highest BCUT2D eigenvalue weighted by Crippen LogP contribution is 2.27. The summed E-state index contributed by atoms with van der Waals surface area (Å²) in [5.41, 5.74) is 1.57. The molecule has 0 aromatic heterocycles. The van der Waals surface area contributed by atoms with Crippen molar-refractivity contribution in [3.8, 4) is 5.75 Å². The minimum absolute atomic E-state index is 0.0185. The van der Waals surface area contributed by atoms with E-state index in [0.29, 0.717) is 12.1 Å². The van der Waals surface area contributed by atoms with Crippen LogP contribution in [0, 0.1) is 0 Å². The fraction of sp³-hybridized carbons (Fsp3) is 0.381. The lowest BCUT2D eigenvalue weighted by Crippen LogP contribution is -2.31. The molecule has 1 fully saturated rings. The van der Waals surface area contributed by atoms with Crippen LogP contribution in [0.2, 0.25) is 0 Å². The summed E-state index contributed by atoms with van der Waals surface area (Å²) in [6.45, 7) is 1.78. The molecule has 1 heterocycles. The molecule has 0 atom stereocenters. The third kappa shape index (κ3) is 5.27. The Kier molecular flexibility index (Phi) is 6.76. The van der Waals surface area contributed by atoms with Crippen LogP contribution < -0.4 is 14.4 Å². The molecule has 1 aliphatic heterocycles. The van der Waals surface area contributed by atoms with Crippen LogP contribution in [-0.2, 0) is 16.4 Å². The minimum Gasteiger partial charge on any atom is -0.497 e. The smallest absolute Gasteiger partial charge is 0.337 e. The van der Waals surface area contributed by atoms with E-state index in [1.807, 2.05) is 29.2 Å². The largest absolute Gasteiger partial charge is 0.497 e. The molecule has 2 aromatic carbocycles. The number of carboxylic acids is 1. The fourth-order valence-corrected chi connectivity index (χ4v) is 4.53. The van der Waals surface area contributed by atoms with E-state index in [0.717, 1.165) is 43.7 Å². The zero-order valence-corrected chi connectivity index (χ0v) is 17.2. The van der Waals surface area contributed by atoms with Gasteiger partial charge in [-0.15, -0.1) is 0 Å². The fourth-order valence-electron chi connectivity index (χ4n) is 3.47. The molecule has 2 N–H and O–H groups in total. The topological polar surface area (TPSA) is 95.9 Å². The van der Waals surface area contributed by atoms with E-state index < -0.39 is 16.0 Å². The molecule has 1 aliphatic rings. The van der Waals surface area contributed by atoms with Crippen LogP contribution in [0.25, 0.3) is 0 Å². The van der Waals surface area contributed by atoms with Gasteiger partial charge in [0.25, 0.3) is 0 Å². The van der Waals surface area contributed by atoms with Crippen LogP contribution in [0.3, 0.4) is 0 Å². The highest BCUT2D eigenvalue weighted by molar-refractivity contribution is 7.89. The van der Waals surface area contributed by atoms with E-state index in [1.165, 1.54) is 12.1 Å². The van der Waals surface area contributed by atoms with Crippen LogP contribution in [0.15, 0.2) is 47.4 Å². The maximum Gasteiger partial charge on any atom is 0.337 e. The van der Waals surface area contributed by atoms with Gasteiger partial charge in [-0.25, -0.2) is 17.9 Å². The molecule has 0 amide bonds. The molecule has 0 unspecified atom stereocenters. The summed E-state index contributed by atoms with van der Waals surface area (Å²) in [6, 6.07) is 11.7. The van der Waals surface area contributed by atoms with Crippen molar-refractivity contribution in [2.24, 2.45) is 0 Å². The Balaban J connectivity index is 1.71. The average Bonchev–Trinajstić information content (AvgIpc) is 2.74. The SMILES string of the molecule is COc1ccc(CCNS(=O)(=O)c2ccc(N3CCCCC3)c(C(=O)O)c2)cc1. The number of hydrogen-bond acceptors (Lipinski definition) is 5. The molecule has 156 valence electrons. The Hall–Kier alpha value is -2.58. The summed E-state index contributed by atoms with van der Waals surface area (Å²) >= 11 is 0. The Morgan fingerprint density at radius 3 is 2.41 bits per heavy atom. The molecule has 29 heavy (non-hydrogen) atoms. The quantitative estimate of drug-likeness (QED) is 0.684. The number of nitrogens with one attached hydrogen (secondary N) is 1. The lowest BCUT2D eigenvalue weighted by molar-refractivity contribution is 0.0697.